The molecule has 3 rings (SSSR count). The zero-order chi connectivity index (χ0) is 16.8. The van der Waals surface area contributed by atoms with Gasteiger partial charge in [0.1, 0.15) is 12.2 Å². The molecule has 0 unspecified atom stereocenters. The Morgan fingerprint density at radius 3 is 1.54 bits per heavy atom. The number of esters is 2. The summed E-state index contributed by atoms with van der Waals surface area (Å²) in [7, 11) is 0. The Hall–Kier alpha value is -1.14. The summed E-state index contributed by atoms with van der Waals surface area (Å²) in [5.74, 6) is -0.483. The Morgan fingerprint density at radius 1 is 0.708 bits per heavy atom. The van der Waals surface area contributed by atoms with Crippen molar-refractivity contribution in [1.82, 2.24) is 0 Å². The van der Waals surface area contributed by atoms with Gasteiger partial charge in [-0.05, 0) is 51.4 Å². The van der Waals surface area contributed by atoms with Crippen LogP contribution < -0.4 is 0 Å². The molecule has 1 saturated carbocycles. The Balaban J connectivity index is 1.45. The topological polar surface area (TPSA) is 71.1 Å². The fraction of sp³-hybridized carbons (Fsp3) is 0.889. The van der Waals surface area contributed by atoms with Gasteiger partial charge >= 0.3 is 11.9 Å². The minimum absolute atomic E-state index is 0.0124. The smallest absolute Gasteiger partial charge is 0.308 e. The van der Waals surface area contributed by atoms with E-state index in [9.17, 15) is 9.59 Å². The Labute approximate surface area is 143 Å². The van der Waals surface area contributed by atoms with Crippen molar-refractivity contribution in [3.8, 4) is 0 Å². The summed E-state index contributed by atoms with van der Waals surface area (Å²) in [6.45, 7) is 1.45. The van der Waals surface area contributed by atoms with Crippen molar-refractivity contribution >= 4 is 11.9 Å². The minimum Gasteiger partial charge on any atom is -0.458 e. The highest BCUT2D eigenvalue weighted by Crippen LogP contribution is 2.26. The summed E-state index contributed by atoms with van der Waals surface area (Å²) in [5.41, 5.74) is 0. The standard InChI is InChI=1S/C18H28O6/c19-17(11-13-5-3-9-21-13)23-15-7-1-2-8-16(15)24-18(20)12-14-6-4-10-22-14/h13-16H,1-12H2/t13-,14+,15+,16-. The van der Waals surface area contributed by atoms with Crippen LogP contribution in [0, 0.1) is 0 Å². The highest BCUT2D eigenvalue weighted by molar-refractivity contribution is 5.71. The molecule has 0 amide bonds. The molecule has 6 nitrogen and oxygen atoms in total. The first-order valence-electron chi connectivity index (χ1n) is 9.33. The molecule has 0 aromatic carbocycles. The third kappa shape index (κ3) is 5.18. The first-order valence-corrected chi connectivity index (χ1v) is 9.33. The molecule has 3 aliphatic rings. The number of hydrogen-bond acceptors (Lipinski definition) is 6. The summed E-state index contributed by atoms with van der Waals surface area (Å²) < 4.78 is 22.2. The fourth-order valence-electron chi connectivity index (χ4n) is 3.75. The maximum atomic E-state index is 12.1. The van der Waals surface area contributed by atoms with Crippen molar-refractivity contribution in [2.75, 3.05) is 13.2 Å². The molecule has 2 saturated heterocycles. The average molecular weight is 340 g/mol. The maximum absolute atomic E-state index is 12.1. The predicted molar refractivity (Wildman–Crippen MR) is 85.4 cm³/mol. The van der Waals surface area contributed by atoms with Crippen LogP contribution in [0.1, 0.15) is 64.2 Å². The van der Waals surface area contributed by atoms with Crippen molar-refractivity contribution in [3.63, 3.8) is 0 Å². The number of carbonyl (C=O) groups excluding carboxylic acids is 2. The molecule has 3 fully saturated rings. The second-order valence-corrected chi connectivity index (χ2v) is 7.02. The normalized spacial score (nSPS) is 33.3. The lowest BCUT2D eigenvalue weighted by molar-refractivity contribution is -0.174. The van der Waals surface area contributed by atoms with Gasteiger partial charge in [-0.1, -0.05) is 0 Å². The summed E-state index contributed by atoms with van der Waals surface area (Å²) in [5, 5.41) is 0. The lowest BCUT2D eigenvalue weighted by Crippen LogP contribution is -2.38. The molecule has 6 heteroatoms. The van der Waals surface area contributed by atoms with E-state index in [2.05, 4.69) is 0 Å². The Kier molecular flexibility index (Phi) is 6.49. The van der Waals surface area contributed by atoms with Gasteiger partial charge in [0.05, 0.1) is 25.0 Å². The van der Waals surface area contributed by atoms with E-state index >= 15 is 0 Å². The van der Waals surface area contributed by atoms with Gasteiger partial charge in [0.15, 0.2) is 0 Å². The monoisotopic (exact) mass is 340 g/mol. The zero-order valence-electron chi connectivity index (χ0n) is 14.2. The highest BCUT2D eigenvalue weighted by atomic mass is 16.6. The van der Waals surface area contributed by atoms with Crippen molar-refractivity contribution < 1.29 is 28.5 Å². The fourth-order valence-corrected chi connectivity index (χ4v) is 3.75. The molecule has 0 radical (unpaired) electrons. The molecule has 2 heterocycles. The third-order valence-corrected chi connectivity index (χ3v) is 5.04. The molecule has 136 valence electrons. The molecule has 0 aromatic heterocycles. The Morgan fingerprint density at radius 2 is 1.17 bits per heavy atom. The van der Waals surface area contributed by atoms with Gasteiger partial charge in [0.25, 0.3) is 0 Å². The number of rotatable bonds is 6. The minimum atomic E-state index is -0.318. The van der Waals surface area contributed by atoms with Crippen LogP contribution in [0.15, 0.2) is 0 Å². The molecule has 2 aliphatic heterocycles. The zero-order valence-corrected chi connectivity index (χ0v) is 14.2. The molecular formula is C18H28O6. The lowest BCUT2D eigenvalue weighted by Gasteiger charge is -2.31. The number of carbonyl (C=O) groups is 2. The van der Waals surface area contributed by atoms with Gasteiger partial charge < -0.3 is 18.9 Å². The van der Waals surface area contributed by atoms with Crippen molar-refractivity contribution in [1.29, 1.82) is 0 Å². The third-order valence-electron chi connectivity index (χ3n) is 5.04. The van der Waals surface area contributed by atoms with Gasteiger partial charge in [-0.25, -0.2) is 0 Å². The van der Waals surface area contributed by atoms with Crippen molar-refractivity contribution in [3.05, 3.63) is 0 Å². The van der Waals surface area contributed by atoms with Crippen LogP contribution in [-0.2, 0) is 28.5 Å². The number of ether oxygens (including phenoxy) is 4. The second-order valence-electron chi connectivity index (χ2n) is 7.02. The van der Waals surface area contributed by atoms with Crippen LogP contribution in [0.25, 0.3) is 0 Å². The molecule has 0 aromatic rings. The summed E-state index contributed by atoms with van der Waals surface area (Å²) in [4.78, 5) is 24.2. The molecule has 0 bridgehead atoms. The van der Waals surface area contributed by atoms with Crippen LogP contribution in [0.2, 0.25) is 0 Å². The van der Waals surface area contributed by atoms with E-state index < -0.39 is 0 Å². The molecule has 0 spiro atoms. The highest BCUT2D eigenvalue weighted by Gasteiger charge is 2.33. The van der Waals surface area contributed by atoms with E-state index in [1.807, 2.05) is 0 Å². The van der Waals surface area contributed by atoms with Gasteiger partial charge in [-0.15, -0.1) is 0 Å². The van der Waals surface area contributed by atoms with Crippen molar-refractivity contribution in [2.24, 2.45) is 0 Å². The Bertz CT molecular complexity index is 385. The predicted octanol–water partition coefficient (Wildman–Crippen LogP) is 2.52. The van der Waals surface area contributed by atoms with Crippen LogP contribution in [-0.4, -0.2) is 49.6 Å². The SMILES string of the molecule is O=C(C[C@H]1CCCO1)O[C@H]1CCCC[C@H]1OC(=O)C[C@@H]1CCCO1. The van der Waals surface area contributed by atoms with E-state index in [4.69, 9.17) is 18.9 Å². The van der Waals surface area contributed by atoms with E-state index in [1.54, 1.807) is 0 Å². The van der Waals surface area contributed by atoms with Gasteiger partial charge in [-0.2, -0.15) is 0 Å². The van der Waals surface area contributed by atoms with Crippen LogP contribution >= 0.6 is 0 Å². The summed E-state index contributed by atoms with van der Waals surface area (Å²) in [6.07, 6.45) is 7.29. The second kappa shape index (κ2) is 8.81. The lowest BCUT2D eigenvalue weighted by atomic mass is 9.94. The number of hydrogen-bond donors (Lipinski definition) is 0. The van der Waals surface area contributed by atoms with Crippen LogP contribution in [0.4, 0.5) is 0 Å². The van der Waals surface area contributed by atoms with Gasteiger partial charge in [0.2, 0.25) is 0 Å². The molecule has 0 N–H and O–H groups in total. The average Bonchev–Trinajstić information content (AvgIpc) is 3.23. The summed E-state index contributed by atoms with van der Waals surface area (Å²) >= 11 is 0. The molecule has 1 aliphatic carbocycles. The van der Waals surface area contributed by atoms with Crippen LogP contribution in [0.5, 0.6) is 0 Å². The van der Waals surface area contributed by atoms with Gasteiger partial charge in [-0.3, -0.25) is 9.59 Å². The van der Waals surface area contributed by atoms with E-state index in [1.165, 1.54) is 0 Å². The molecular weight excluding hydrogens is 312 g/mol. The van der Waals surface area contributed by atoms with E-state index in [-0.39, 0.29) is 36.4 Å². The first-order chi connectivity index (χ1) is 11.7. The van der Waals surface area contributed by atoms with Crippen LogP contribution in [0.3, 0.4) is 0 Å². The van der Waals surface area contributed by atoms with E-state index in [0.29, 0.717) is 12.8 Å². The molecule has 24 heavy (non-hydrogen) atoms. The molecule has 4 atom stereocenters. The van der Waals surface area contributed by atoms with Crippen molar-refractivity contribution in [2.45, 2.75) is 88.6 Å². The summed E-state index contributed by atoms with van der Waals surface area (Å²) in [6, 6.07) is 0. The largest absolute Gasteiger partial charge is 0.458 e. The van der Waals surface area contributed by atoms with Gasteiger partial charge in [0, 0.05) is 13.2 Å². The maximum Gasteiger partial charge on any atom is 0.308 e. The quantitative estimate of drug-likeness (QED) is 0.692. The first kappa shape index (κ1) is 17.7. The van der Waals surface area contributed by atoms with E-state index in [0.717, 1.165) is 64.6 Å².